The molecule has 2 aromatic carbocycles. The van der Waals surface area contributed by atoms with Crippen molar-refractivity contribution in [3.63, 3.8) is 0 Å². The van der Waals surface area contributed by atoms with Crippen LogP contribution in [-0.4, -0.2) is 23.3 Å². The van der Waals surface area contributed by atoms with Crippen LogP contribution in [0.5, 0.6) is 0 Å². The van der Waals surface area contributed by atoms with Crippen LogP contribution in [0.25, 0.3) is 11.0 Å². The minimum Gasteiger partial charge on any atom is -0.748 e. The molecule has 0 bridgehead atoms. The third-order valence-electron chi connectivity index (χ3n) is 4.20. The Balaban J connectivity index is 1.96. The monoisotopic (exact) mass is 344 g/mol. The predicted molar refractivity (Wildman–Crippen MR) is 91.6 cm³/mol. The van der Waals surface area contributed by atoms with Crippen molar-refractivity contribution in [1.29, 1.82) is 0 Å². The van der Waals surface area contributed by atoms with Gasteiger partial charge in [-0.25, -0.2) is 17.6 Å². The highest BCUT2D eigenvalue weighted by molar-refractivity contribution is 7.85. The molecule has 0 aliphatic rings. The van der Waals surface area contributed by atoms with Crippen molar-refractivity contribution >= 4 is 21.2 Å². The van der Waals surface area contributed by atoms with Crippen LogP contribution in [0.15, 0.2) is 54.6 Å². The second-order valence-electron chi connectivity index (χ2n) is 5.87. The van der Waals surface area contributed by atoms with Gasteiger partial charge in [0.2, 0.25) is 0 Å². The second kappa shape index (κ2) is 6.75. The molecular weight excluding hydrogens is 324 g/mol. The zero-order valence-corrected chi connectivity index (χ0v) is 14.4. The number of benzene rings is 2. The standard InChI is InChI=1S/C18H20N2O3S/c1-15-19(12-7-13-24(21,22)23)17-10-5-6-11-18(17)20(15)14-16-8-3-2-4-9-16/h2-6,8-11H,7,12-14H2,1H3. The summed E-state index contributed by atoms with van der Waals surface area (Å²) in [4.78, 5) is 0. The fourth-order valence-electron chi connectivity index (χ4n) is 3.06. The first-order valence-electron chi connectivity index (χ1n) is 7.91. The van der Waals surface area contributed by atoms with E-state index in [0.717, 1.165) is 23.4 Å². The molecular formula is C18H20N2O3S. The molecule has 0 unspecified atom stereocenters. The smallest absolute Gasteiger partial charge is 0.254 e. The van der Waals surface area contributed by atoms with Gasteiger partial charge in [-0.3, -0.25) is 0 Å². The first-order valence-corrected chi connectivity index (χ1v) is 9.48. The molecule has 0 N–H and O–H groups in total. The topological polar surface area (TPSA) is 66.0 Å². The van der Waals surface area contributed by atoms with Crippen molar-refractivity contribution in [1.82, 2.24) is 4.57 Å². The number of rotatable bonds is 6. The minimum atomic E-state index is -4.17. The average molecular weight is 344 g/mol. The zero-order valence-electron chi connectivity index (χ0n) is 13.6. The molecule has 0 fully saturated rings. The lowest BCUT2D eigenvalue weighted by atomic mass is 10.2. The van der Waals surface area contributed by atoms with E-state index in [1.54, 1.807) is 0 Å². The first kappa shape index (κ1) is 16.7. The van der Waals surface area contributed by atoms with Crippen LogP contribution in [0.2, 0.25) is 0 Å². The molecule has 0 radical (unpaired) electrons. The van der Waals surface area contributed by atoms with Crippen molar-refractivity contribution in [3.8, 4) is 0 Å². The molecule has 0 saturated carbocycles. The van der Waals surface area contributed by atoms with Gasteiger partial charge in [0.05, 0.1) is 16.7 Å². The van der Waals surface area contributed by atoms with E-state index in [4.69, 9.17) is 0 Å². The molecule has 0 aliphatic carbocycles. The Kier molecular flexibility index (Phi) is 4.69. The normalized spacial score (nSPS) is 11.9. The van der Waals surface area contributed by atoms with E-state index in [1.165, 1.54) is 5.56 Å². The van der Waals surface area contributed by atoms with Crippen molar-refractivity contribution in [2.75, 3.05) is 5.75 Å². The Labute approximate surface area is 141 Å². The van der Waals surface area contributed by atoms with E-state index in [2.05, 4.69) is 27.3 Å². The van der Waals surface area contributed by atoms with Crippen LogP contribution >= 0.6 is 0 Å². The van der Waals surface area contributed by atoms with Crippen molar-refractivity contribution in [2.45, 2.75) is 26.4 Å². The van der Waals surface area contributed by atoms with Crippen LogP contribution < -0.4 is 4.57 Å². The molecule has 0 aliphatic heterocycles. The van der Waals surface area contributed by atoms with Gasteiger partial charge in [-0.15, -0.1) is 0 Å². The van der Waals surface area contributed by atoms with Gasteiger partial charge in [-0.05, 0) is 24.1 Å². The molecule has 0 spiro atoms. The second-order valence-corrected chi connectivity index (χ2v) is 7.40. The average Bonchev–Trinajstić information content (AvgIpc) is 2.81. The van der Waals surface area contributed by atoms with E-state index in [0.29, 0.717) is 13.0 Å². The number of para-hydroxylation sites is 2. The maximum Gasteiger partial charge on any atom is 0.254 e. The van der Waals surface area contributed by atoms with Crippen LogP contribution in [-0.2, 0) is 23.2 Å². The lowest BCUT2D eigenvalue weighted by Gasteiger charge is -2.06. The number of aryl methyl sites for hydroxylation is 1. The van der Waals surface area contributed by atoms with Crippen LogP contribution in [0.4, 0.5) is 0 Å². The summed E-state index contributed by atoms with van der Waals surface area (Å²) in [6.07, 6.45) is 0.316. The summed E-state index contributed by atoms with van der Waals surface area (Å²) >= 11 is 0. The Morgan fingerprint density at radius 2 is 1.71 bits per heavy atom. The number of imidazole rings is 1. The Hall–Kier alpha value is -2.18. The minimum absolute atomic E-state index is 0.316. The summed E-state index contributed by atoms with van der Waals surface area (Å²) in [5, 5.41) is 0. The molecule has 5 nitrogen and oxygen atoms in total. The highest BCUT2D eigenvalue weighted by atomic mass is 32.2. The van der Waals surface area contributed by atoms with E-state index in [9.17, 15) is 13.0 Å². The largest absolute Gasteiger partial charge is 0.748 e. The van der Waals surface area contributed by atoms with Gasteiger partial charge in [0.25, 0.3) is 5.82 Å². The van der Waals surface area contributed by atoms with Gasteiger partial charge in [0, 0.05) is 12.7 Å². The van der Waals surface area contributed by atoms with Crippen molar-refractivity contribution < 1.29 is 17.5 Å². The maximum atomic E-state index is 10.8. The lowest BCUT2D eigenvalue weighted by molar-refractivity contribution is -0.669. The van der Waals surface area contributed by atoms with Crippen molar-refractivity contribution in [3.05, 3.63) is 66.0 Å². The highest BCUT2D eigenvalue weighted by Gasteiger charge is 2.21. The van der Waals surface area contributed by atoms with Gasteiger partial charge in [0.15, 0.2) is 11.0 Å². The first-order chi connectivity index (χ1) is 11.5. The molecule has 0 saturated heterocycles. The summed E-state index contributed by atoms with van der Waals surface area (Å²) in [6, 6.07) is 18.2. The van der Waals surface area contributed by atoms with Gasteiger partial charge in [-0.2, -0.15) is 0 Å². The van der Waals surface area contributed by atoms with Gasteiger partial charge in [-0.1, -0.05) is 42.5 Å². The summed E-state index contributed by atoms with van der Waals surface area (Å²) in [5.74, 6) is 0.709. The molecule has 1 aromatic heterocycles. The quantitative estimate of drug-likeness (QED) is 0.509. The predicted octanol–water partition coefficient (Wildman–Crippen LogP) is 2.22. The van der Waals surface area contributed by atoms with E-state index in [1.807, 2.05) is 43.3 Å². The summed E-state index contributed by atoms with van der Waals surface area (Å²) in [7, 11) is -4.17. The molecule has 0 atom stereocenters. The molecule has 6 heteroatoms. The fraction of sp³-hybridized carbons (Fsp3) is 0.278. The number of nitrogens with zero attached hydrogens (tertiary/aromatic N) is 2. The molecule has 24 heavy (non-hydrogen) atoms. The number of aromatic nitrogens is 2. The van der Waals surface area contributed by atoms with Crippen LogP contribution in [0.3, 0.4) is 0 Å². The summed E-state index contributed by atoms with van der Waals surface area (Å²) in [5.41, 5.74) is 3.36. The maximum absolute atomic E-state index is 10.8. The molecule has 3 rings (SSSR count). The number of fused-ring (bicyclic) bond motifs is 1. The van der Waals surface area contributed by atoms with Crippen LogP contribution in [0, 0.1) is 6.92 Å². The Morgan fingerprint density at radius 1 is 1.04 bits per heavy atom. The Morgan fingerprint density at radius 3 is 2.42 bits per heavy atom. The van der Waals surface area contributed by atoms with Gasteiger partial charge in [0.1, 0.15) is 6.54 Å². The van der Waals surface area contributed by atoms with E-state index in [-0.39, 0.29) is 5.75 Å². The fourth-order valence-corrected chi connectivity index (χ4v) is 3.54. The lowest BCUT2D eigenvalue weighted by Crippen LogP contribution is -2.37. The third kappa shape index (κ3) is 3.66. The van der Waals surface area contributed by atoms with Gasteiger partial charge >= 0.3 is 0 Å². The van der Waals surface area contributed by atoms with E-state index >= 15 is 0 Å². The number of hydrogen-bond acceptors (Lipinski definition) is 3. The molecule has 0 amide bonds. The van der Waals surface area contributed by atoms with E-state index < -0.39 is 10.1 Å². The SMILES string of the molecule is Cc1n(CCCS(=O)(=O)[O-])c2ccccc2[n+]1Cc1ccccc1. The van der Waals surface area contributed by atoms with Crippen molar-refractivity contribution in [2.24, 2.45) is 0 Å². The molecule has 3 aromatic rings. The third-order valence-corrected chi connectivity index (χ3v) is 4.99. The summed E-state index contributed by atoms with van der Waals surface area (Å²) < 4.78 is 36.8. The van der Waals surface area contributed by atoms with Gasteiger partial charge < -0.3 is 4.55 Å². The highest BCUT2D eigenvalue weighted by Crippen LogP contribution is 2.16. The molecule has 1 heterocycles. The number of hydrogen-bond donors (Lipinski definition) is 0. The Bertz CT molecular complexity index is 947. The summed E-state index contributed by atoms with van der Waals surface area (Å²) in [6.45, 7) is 3.28. The molecule has 126 valence electrons. The zero-order chi connectivity index (χ0) is 17.2. The van der Waals surface area contributed by atoms with Crippen LogP contribution in [0.1, 0.15) is 17.8 Å².